The average Bonchev–Trinajstić information content (AvgIpc) is 3.66. The highest BCUT2D eigenvalue weighted by Gasteiger charge is 2.47. The van der Waals surface area contributed by atoms with Crippen LogP contribution < -0.4 is 14.4 Å². The van der Waals surface area contributed by atoms with E-state index in [0.717, 1.165) is 5.56 Å². The number of furan rings is 1. The predicted molar refractivity (Wildman–Crippen MR) is 148 cm³/mol. The van der Waals surface area contributed by atoms with Crippen LogP contribution >= 0.6 is 23.1 Å². The second kappa shape index (κ2) is 11.3. The quantitative estimate of drug-likeness (QED) is 0.143. The molecular weight excluding hydrogens is 538 g/mol. The zero-order valence-corrected chi connectivity index (χ0v) is 23.0. The molecule has 1 aliphatic rings. The number of benzene rings is 2. The first-order valence-electron chi connectivity index (χ1n) is 12.1. The summed E-state index contributed by atoms with van der Waals surface area (Å²) in [5.41, 5.74) is 1.53. The molecule has 2 aromatic heterocycles. The van der Waals surface area contributed by atoms with E-state index in [4.69, 9.17) is 13.9 Å². The Labute approximate surface area is 233 Å². The van der Waals surface area contributed by atoms with E-state index in [1.165, 1.54) is 41.2 Å². The standard InChI is InChI=1S/C28H25N3O6S2/c1-4-36-19-13-11-18(14-21(19)35-3)23-22(24(32)20-12-10-16(2)37-20)25(33)26(34)31(23)27-29-30-28(39-27)38-15-17-8-6-5-7-9-17/h5-14,23,33H,4,15H2,1-3H3. The number of methoxy groups -OCH3 is 1. The smallest absolute Gasteiger partial charge is 0.296 e. The van der Waals surface area contributed by atoms with Gasteiger partial charge in [0.1, 0.15) is 5.76 Å². The lowest BCUT2D eigenvalue weighted by molar-refractivity contribution is -0.117. The fraction of sp³-hybridized carbons (Fsp3) is 0.214. The molecule has 0 saturated carbocycles. The van der Waals surface area contributed by atoms with Crippen molar-refractivity contribution in [3.05, 3.63) is 94.6 Å². The maximum atomic E-state index is 13.6. The molecule has 0 fully saturated rings. The Balaban J connectivity index is 1.54. The molecule has 11 heteroatoms. The maximum absolute atomic E-state index is 13.6. The zero-order valence-electron chi connectivity index (χ0n) is 21.4. The molecule has 3 heterocycles. The molecule has 1 amide bonds. The third-order valence-electron chi connectivity index (χ3n) is 6.03. The van der Waals surface area contributed by atoms with Gasteiger partial charge in [0.05, 0.1) is 25.3 Å². The van der Waals surface area contributed by atoms with Gasteiger partial charge >= 0.3 is 0 Å². The molecule has 4 aromatic rings. The van der Waals surface area contributed by atoms with Crippen molar-refractivity contribution in [1.29, 1.82) is 0 Å². The lowest BCUT2D eigenvalue weighted by Gasteiger charge is -2.24. The van der Waals surface area contributed by atoms with Crippen molar-refractivity contribution >= 4 is 39.9 Å². The molecule has 39 heavy (non-hydrogen) atoms. The highest BCUT2D eigenvalue weighted by atomic mass is 32.2. The molecule has 0 aliphatic carbocycles. The van der Waals surface area contributed by atoms with Gasteiger partial charge in [-0.3, -0.25) is 14.5 Å². The molecule has 9 nitrogen and oxygen atoms in total. The molecule has 2 aromatic carbocycles. The molecule has 1 aliphatic heterocycles. The van der Waals surface area contributed by atoms with E-state index in [1.54, 1.807) is 31.2 Å². The average molecular weight is 564 g/mol. The van der Waals surface area contributed by atoms with Crippen molar-refractivity contribution in [2.24, 2.45) is 0 Å². The van der Waals surface area contributed by atoms with Crippen molar-refractivity contribution in [2.75, 3.05) is 18.6 Å². The number of aliphatic hydroxyl groups is 1. The number of aryl methyl sites for hydroxylation is 1. The first-order valence-corrected chi connectivity index (χ1v) is 13.9. The van der Waals surface area contributed by atoms with Gasteiger partial charge in [-0.05, 0) is 49.2 Å². The van der Waals surface area contributed by atoms with Gasteiger partial charge in [0.2, 0.25) is 10.9 Å². The number of carbonyl (C=O) groups excluding carboxylic acids is 2. The summed E-state index contributed by atoms with van der Waals surface area (Å²) in [6, 6.07) is 17.2. The monoisotopic (exact) mass is 563 g/mol. The number of Topliss-reactive ketones (excluding diaryl/α,β-unsaturated/α-hetero) is 1. The first kappa shape index (κ1) is 26.5. The van der Waals surface area contributed by atoms with Crippen molar-refractivity contribution in [3.8, 4) is 11.5 Å². The fourth-order valence-electron chi connectivity index (χ4n) is 4.25. The number of hydrogen-bond donors (Lipinski definition) is 1. The Morgan fingerprint density at radius 2 is 1.92 bits per heavy atom. The van der Waals surface area contributed by atoms with Gasteiger partial charge in [0.25, 0.3) is 5.91 Å². The number of anilines is 1. The molecule has 1 N–H and O–H groups in total. The lowest BCUT2D eigenvalue weighted by Crippen LogP contribution is -2.31. The van der Waals surface area contributed by atoms with Gasteiger partial charge in [-0.15, -0.1) is 10.2 Å². The molecule has 5 rings (SSSR count). The normalized spacial score (nSPS) is 15.2. The fourth-order valence-corrected chi connectivity index (χ4v) is 6.07. The van der Waals surface area contributed by atoms with E-state index in [9.17, 15) is 14.7 Å². The minimum Gasteiger partial charge on any atom is -0.503 e. The van der Waals surface area contributed by atoms with Gasteiger partial charge < -0.3 is 19.0 Å². The maximum Gasteiger partial charge on any atom is 0.296 e. The third kappa shape index (κ3) is 5.27. The van der Waals surface area contributed by atoms with Crippen LogP contribution in [-0.4, -0.2) is 40.7 Å². The SMILES string of the molecule is CCOc1ccc(C2C(C(=O)c3ccc(C)o3)=C(O)C(=O)N2c2nnc(SCc3ccccc3)s2)cc1OC. The third-order valence-corrected chi connectivity index (χ3v) is 8.15. The zero-order chi connectivity index (χ0) is 27.5. The van der Waals surface area contributed by atoms with Gasteiger partial charge in [-0.2, -0.15) is 0 Å². The lowest BCUT2D eigenvalue weighted by atomic mass is 9.95. The summed E-state index contributed by atoms with van der Waals surface area (Å²) in [4.78, 5) is 28.3. The van der Waals surface area contributed by atoms with Crippen molar-refractivity contribution in [1.82, 2.24) is 10.2 Å². The van der Waals surface area contributed by atoms with Crippen LogP contribution in [0, 0.1) is 6.92 Å². The second-order valence-corrected chi connectivity index (χ2v) is 10.7. The minimum absolute atomic E-state index is 0.0166. The molecule has 0 bridgehead atoms. The summed E-state index contributed by atoms with van der Waals surface area (Å²) in [5.74, 6) is 0.135. The van der Waals surface area contributed by atoms with Crippen LogP contribution in [0.2, 0.25) is 0 Å². The Kier molecular flexibility index (Phi) is 7.71. The van der Waals surface area contributed by atoms with E-state index < -0.39 is 23.5 Å². The highest BCUT2D eigenvalue weighted by Crippen LogP contribution is 2.45. The van der Waals surface area contributed by atoms with E-state index in [2.05, 4.69) is 10.2 Å². The van der Waals surface area contributed by atoms with E-state index in [1.807, 2.05) is 37.3 Å². The molecule has 200 valence electrons. The van der Waals surface area contributed by atoms with Crippen LogP contribution in [0.5, 0.6) is 11.5 Å². The topological polar surface area (TPSA) is 115 Å². The summed E-state index contributed by atoms with van der Waals surface area (Å²) in [6.45, 7) is 4.00. The molecule has 0 spiro atoms. The largest absolute Gasteiger partial charge is 0.503 e. The Morgan fingerprint density at radius 1 is 1.13 bits per heavy atom. The number of carbonyl (C=O) groups is 2. The molecule has 1 atom stereocenters. The van der Waals surface area contributed by atoms with Gasteiger partial charge in [0.15, 0.2) is 27.4 Å². The van der Waals surface area contributed by atoms with E-state index in [-0.39, 0.29) is 16.5 Å². The van der Waals surface area contributed by atoms with E-state index in [0.29, 0.717) is 39.5 Å². The molecule has 1 unspecified atom stereocenters. The number of ketones is 1. The van der Waals surface area contributed by atoms with Crippen molar-refractivity contribution < 1.29 is 28.6 Å². The number of aromatic nitrogens is 2. The van der Waals surface area contributed by atoms with Crippen molar-refractivity contribution in [2.45, 2.75) is 30.0 Å². The van der Waals surface area contributed by atoms with Gasteiger partial charge in [-0.25, -0.2) is 0 Å². The van der Waals surface area contributed by atoms with Crippen LogP contribution in [0.25, 0.3) is 0 Å². The van der Waals surface area contributed by atoms with Crippen molar-refractivity contribution in [3.63, 3.8) is 0 Å². The molecular formula is C28H25N3O6S2. The Hall–Kier alpha value is -4.09. The van der Waals surface area contributed by atoms with Gasteiger partial charge in [0, 0.05) is 5.75 Å². The summed E-state index contributed by atoms with van der Waals surface area (Å²) >= 11 is 2.69. The number of rotatable bonds is 10. The Morgan fingerprint density at radius 3 is 2.62 bits per heavy atom. The summed E-state index contributed by atoms with van der Waals surface area (Å²) in [6.07, 6.45) is 0. The van der Waals surface area contributed by atoms with Crippen LogP contribution in [0.4, 0.5) is 5.13 Å². The van der Waals surface area contributed by atoms with E-state index >= 15 is 0 Å². The van der Waals surface area contributed by atoms with Crippen LogP contribution in [-0.2, 0) is 10.5 Å². The summed E-state index contributed by atoms with van der Waals surface area (Å²) in [5, 5.41) is 19.8. The summed E-state index contributed by atoms with van der Waals surface area (Å²) in [7, 11) is 1.51. The van der Waals surface area contributed by atoms with Crippen LogP contribution in [0.15, 0.2) is 80.8 Å². The molecule has 0 radical (unpaired) electrons. The predicted octanol–water partition coefficient (Wildman–Crippen LogP) is 5.92. The number of ether oxygens (including phenoxy) is 2. The number of nitrogens with zero attached hydrogens (tertiary/aromatic N) is 3. The van der Waals surface area contributed by atoms with Gasteiger partial charge in [-0.1, -0.05) is 59.5 Å². The number of thioether (sulfide) groups is 1. The second-order valence-electron chi connectivity index (χ2n) is 8.55. The molecule has 0 saturated heterocycles. The Bertz CT molecular complexity index is 1550. The first-order chi connectivity index (χ1) is 18.9. The number of aliphatic hydroxyl groups excluding tert-OH is 1. The minimum atomic E-state index is -1.00. The number of amides is 1. The summed E-state index contributed by atoms with van der Waals surface area (Å²) < 4.78 is 17.3. The van der Waals surface area contributed by atoms with Crippen LogP contribution in [0.3, 0.4) is 0 Å². The van der Waals surface area contributed by atoms with Crippen LogP contribution in [0.1, 0.15) is 40.4 Å². The highest BCUT2D eigenvalue weighted by molar-refractivity contribution is 8.00. The number of hydrogen-bond acceptors (Lipinski definition) is 10.